The third-order valence-corrected chi connectivity index (χ3v) is 3.54. The van der Waals surface area contributed by atoms with Crippen LogP contribution >= 0.6 is 0 Å². The van der Waals surface area contributed by atoms with Gasteiger partial charge < -0.3 is 0 Å². The molecule has 4 heteroatoms. The Hall–Kier alpha value is -0.643. The maximum absolute atomic E-state index is 4.37. The van der Waals surface area contributed by atoms with Crippen molar-refractivity contribution >= 4 is 14.2 Å². The SMILES string of the molecule is CCc1nc([Si]2CC2)n[nH]1. The van der Waals surface area contributed by atoms with Gasteiger partial charge in [0.05, 0.1) is 0 Å². The van der Waals surface area contributed by atoms with Crippen LogP contribution in [-0.4, -0.2) is 24.0 Å². The predicted molar refractivity (Wildman–Crippen MR) is 40.8 cm³/mol. The fourth-order valence-electron chi connectivity index (χ4n) is 0.898. The van der Waals surface area contributed by atoms with E-state index in [1.165, 1.54) is 12.1 Å². The number of rotatable bonds is 2. The summed E-state index contributed by atoms with van der Waals surface area (Å²) in [6.45, 7) is 2.09. The molecule has 0 unspecified atom stereocenters. The van der Waals surface area contributed by atoms with E-state index in [4.69, 9.17) is 0 Å². The molecule has 1 aromatic rings. The van der Waals surface area contributed by atoms with Gasteiger partial charge in [-0.1, -0.05) is 19.0 Å². The van der Waals surface area contributed by atoms with Crippen molar-refractivity contribution in [1.29, 1.82) is 0 Å². The van der Waals surface area contributed by atoms with Crippen LogP contribution in [0.3, 0.4) is 0 Å². The van der Waals surface area contributed by atoms with Crippen LogP contribution in [0.5, 0.6) is 0 Å². The Morgan fingerprint density at radius 3 is 2.90 bits per heavy atom. The number of hydrogen-bond donors (Lipinski definition) is 1. The van der Waals surface area contributed by atoms with Crippen molar-refractivity contribution in [2.45, 2.75) is 25.4 Å². The van der Waals surface area contributed by atoms with Crippen LogP contribution in [0.4, 0.5) is 0 Å². The van der Waals surface area contributed by atoms with Gasteiger partial charge in [-0.05, 0) is 0 Å². The van der Waals surface area contributed by atoms with E-state index in [1.54, 1.807) is 0 Å². The summed E-state index contributed by atoms with van der Waals surface area (Å²) in [5.74, 6) is 1.04. The third-order valence-electron chi connectivity index (χ3n) is 1.68. The Bertz CT molecular complexity index is 229. The zero-order valence-corrected chi connectivity index (χ0v) is 7.02. The highest BCUT2D eigenvalue weighted by atomic mass is 28.3. The largest absolute Gasteiger partial charge is 0.264 e. The first kappa shape index (κ1) is 6.09. The van der Waals surface area contributed by atoms with Gasteiger partial charge in [-0.15, -0.1) is 0 Å². The molecule has 0 atom stereocenters. The Morgan fingerprint density at radius 2 is 2.40 bits per heavy atom. The van der Waals surface area contributed by atoms with Crippen molar-refractivity contribution < 1.29 is 0 Å². The maximum Gasteiger partial charge on any atom is 0.138 e. The Labute approximate surface area is 61.5 Å². The average Bonchev–Trinajstić information content (AvgIpc) is 2.70. The molecule has 53 valence electrons. The summed E-state index contributed by atoms with van der Waals surface area (Å²) in [4.78, 5) is 4.37. The van der Waals surface area contributed by atoms with E-state index in [1.807, 2.05) is 0 Å². The quantitative estimate of drug-likeness (QED) is 0.610. The van der Waals surface area contributed by atoms with Crippen LogP contribution in [0.1, 0.15) is 12.7 Å². The van der Waals surface area contributed by atoms with Crippen molar-refractivity contribution in [3.05, 3.63) is 5.82 Å². The van der Waals surface area contributed by atoms with E-state index in [2.05, 4.69) is 22.1 Å². The molecule has 10 heavy (non-hydrogen) atoms. The molecular weight excluding hydrogens is 142 g/mol. The molecule has 1 aromatic heterocycles. The standard InChI is InChI=1S/C6H10N3Si/c1-2-5-7-6(9-8-5)10-3-4-10/h2-4H2,1H3,(H,7,8,9). The molecule has 0 aromatic carbocycles. The molecule has 0 amide bonds. The molecule has 2 heterocycles. The normalized spacial score (nSPS) is 17.7. The molecule has 0 aliphatic carbocycles. The molecule has 3 nitrogen and oxygen atoms in total. The summed E-state index contributed by atoms with van der Waals surface area (Å²) in [7, 11) is -0.205. The first-order chi connectivity index (χ1) is 4.90. The molecule has 1 fully saturated rings. The number of hydrogen-bond acceptors (Lipinski definition) is 2. The van der Waals surface area contributed by atoms with Gasteiger partial charge in [0.1, 0.15) is 20.1 Å². The number of H-pyrrole nitrogens is 1. The summed E-state index contributed by atoms with van der Waals surface area (Å²) in [6, 6.07) is 2.76. The Kier molecular flexibility index (Phi) is 1.34. The average molecular weight is 152 g/mol. The molecule has 1 radical (unpaired) electrons. The predicted octanol–water partition coefficient (Wildman–Crippen LogP) is 0.0825. The van der Waals surface area contributed by atoms with E-state index in [0.29, 0.717) is 0 Å². The lowest BCUT2D eigenvalue weighted by Gasteiger charge is -1.81. The lowest BCUT2D eigenvalue weighted by Crippen LogP contribution is -2.19. The van der Waals surface area contributed by atoms with Crippen LogP contribution in [0.15, 0.2) is 0 Å². The third kappa shape index (κ3) is 0.987. The summed E-state index contributed by atoms with van der Waals surface area (Å²) in [6.07, 6.45) is 0.974. The van der Waals surface area contributed by atoms with Gasteiger partial charge >= 0.3 is 0 Å². The van der Waals surface area contributed by atoms with Crippen LogP contribution in [0, 0.1) is 0 Å². The first-order valence-corrected chi connectivity index (χ1v) is 5.58. The molecule has 0 bridgehead atoms. The second-order valence-electron chi connectivity index (χ2n) is 2.56. The van der Waals surface area contributed by atoms with Crippen molar-refractivity contribution in [3.8, 4) is 0 Å². The molecule has 1 aliphatic rings. The van der Waals surface area contributed by atoms with E-state index in [-0.39, 0.29) is 8.80 Å². The maximum atomic E-state index is 4.37. The first-order valence-electron chi connectivity index (χ1n) is 3.66. The topological polar surface area (TPSA) is 41.6 Å². The molecule has 1 aliphatic heterocycles. The fourth-order valence-corrected chi connectivity index (χ4v) is 2.35. The Morgan fingerprint density at radius 1 is 1.60 bits per heavy atom. The second-order valence-corrected chi connectivity index (χ2v) is 5.22. The van der Waals surface area contributed by atoms with E-state index >= 15 is 0 Å². The molecule has 2 rings (SSSR count). The van der Waals surface area contributed by atoms with Crippen molar-refractivity contribution in [2.24, 2.45) is 0 Å². The molecule has 0 spiro atoms. The molecular formula is C6H10N3Si. The van der Waals surface area contributed by atoms with Gasteiger partial charge in [0.2, 0.25) is 0 Å². The highest BCUT2D eigenvalue weighted by Crippen LogP contribution is 2.18. The zero-order chi connectivity index (χ0) is 6.97. The highest BCUT2D eigenvalue weighted by Gasteiger charge is 2.30. The minimum absolute atomic E-state index is 0.205. The van der Waals surface area contributed by atoms with Crippen molar-refractivity contribution in [1.82, 2.24) is 15.2 Å². The summed E-state index contributed by atoms with van der Waals surface area (Å²) >= 11 is 0. The van der Waals surface area contributed by atoms with Crippen LogP contribution in [0.2, 0.25) is 12.1 Å². The van der Waals surface area contributed by atoms with E-state index in [0.717, 1.165) is 17.7 Å². The van der Waals surface area contributed by atoms with Crippen molar-refractivity contribution in [3.63, 3.8) is 0 Å². The van der Waals surface area contributed by atoms with Gasteiger partial charge in [0, 0.05) is 6.42 Å². The zero-order valence-electron chi connectivity index (χ0n) is 6.02. The summed E-state index contributed by atoms with van der Waals surface area (Å²) in [5, 5.41) is 7.10. The number of aromatic nitrogens is 3. The van der Waals surface area contributed by atoms with Gasteiger partial charge in [-0.25, -0.2) is 4.98 Å². The number of aromatic amines is 1. The number of nitrogens with one attached hydrogen (secondary N) is 1. The number of aryl methyl sites for hydroxylation is 1. The molecule has 0 saturated carbocycles. The summed E-state index contributed by atoms with van der Waals surface area (Å²) < 4.78 is 0. The van der Waals surface area contributed by atoms with Gasteiger partial charge in [-0.3, -0.25) is 5.10 Å². The smallest absolute Gasteiger partial charge is 0.138 e. The van der Waals surface area contributed by atoms with Gasteiger partial charge in [-0.2, -0.15) is 5.10 Å². The Balaban J connectivity index is 2.19. The van der Waals surface area contributed by atoms with Gasteiger partial charge in [0.15, 0.2) is 0 Å². The van der Waals surface area contributed by atoms with Crippen LogP contribution in [0.25, 0.3) is 0 Å². The van der Waals surface area contributed by atoms with Gasteiger partial charge in [0.25, 0.3) is 0 Å². The summed E-state index contributed by atoms with van der Waals surface area (Å²) in [5.41, 5.74) is 1.13. The van der Waals surface area contributed by atoms with Crippen molar-refractivity contribution in [2.75, 3.05) is 0 Å². The van der Waals surface area contributed by atoms with E-state index < -0.39 is 0 Å². The number of nitrogens with zero attached hydrogens (tertiary/aromatic N) is 2. The van der Waals surface area contributed by atoms with Crippen LogP contribution in [-0.2, 0) is 6.42 Å². The monoisotopic (exact) mass is 152 g/mol. The lowest BCUT2D eigenvalue weighted by molar-refractivity contribution is 0.947. The minimum Gasteiger partial charge on any atom is -0.264 e. The van der Waals surface area contributed by atoms with E-state index in [9.17, 15) is 0 Å². The fraction of sp³-hybridized carbons (Fsp3) is 0.667. The highest BCUT2D eigenvalue weighted by molar-refractivity contribution is 6.80. The molecule has 1 N–H and O–H groups in total. The minimum atomic E-state index is -0.205. The van der Waals surface area contributed by atoms with Crippen LogP contribution < -0.4 is 5.45 Å². The second kappa shape index (κ2) is 2.19. The molecule has 1 saturated heterocycles. The lowest BCUT2D eigenvalue weighted by atomic mass is 10.5.